The molecule has 0 aromatic rings. The van der Waals surface area contributed by atoms with Crippen LogP contribution in [0.25, 0.3) is 0 Å². The third-order valence-corrected chi connectivity index (χ3v) is 2.01. The van der Waals surface area contributed by atoms with Crippen LogP contribution in [0.1, 0.15) is 12.8 Å². The van der Waals surface area contributed by atoms with Gasteiger partial charge in [0.15, 0.2) is 0 Å². The first-order chi connectivity index (χ1) is 3.90. The Morgan fingerprint density at radius 3 is 2.38 bits per heavy atom. The quantitative estimate of drug-likeness (QED) is 0.465. The lowest BCUT2D eigenvalue weighted by Crippen LogP contribution is -2.07. The van der Waals surface area contributed by atoms with Crippen molar-refractivity contribution in [1.29, 1.82) is 0 Å². The second-order valence-electron chi connectivity index (χ2n) is 2.54. The van der Waals surface area contributed by atoms with E-state index in [0.29, 0.717) is 18.3 Å². The molecule has 2 fully saturated rings. The van der Waals surface area contributed by atoms with E-state index in [1.807, 2.05) is 0 Å². The minimum absolute atomic E-state index is 0.499. The van der Waals surface area contributed by atoms with Gasteiger partial charge in [-0.25, -0.2) is 0 Å². The summed E-state index contributed by atoms with van der Waals surface area (Å²) in [6.07, 6.45) is 3.89. The molecule has 0 amide bonds. The van der Waals surface area contributed by atoms with E-state index in [2.05, 4.69) is 0 Å². The molecule has 8 heavy (non-hydrogen) atoms. The van der Waals surface area contributed by atoms with Gasteiger partial charge in [-0.15, -0.1) is 0 Å². The van der Waals surface area contributed by atoms with Crippen LogP contribution in [-0.2, 0) is 9.47 Å². The van der Waals surface area contributed by atoms with Gasteiger partial charge in [-0.05, 0) is 0 Å². The molecule has 0 aromatic carbocycles. The first kappa shape index (κ1) is 4.77. The summed E-state index contributed by atoms with van der Waals surface area (Å²) in [5.74, 6) is 0. The smallest absolute Gasteiger partial charge is 0.0867 e. The first-order valence-corrected chi connectivity index (χ1v) is 3.08. The van der Waals surface area contributed by atoms with Crippen LogP contribution >= 0.6 is 0 Å². The fourth-order valence-corrected chi connectivity index (χ4v) is 1.40. The Hall–Kier alpha value is -0.0800. The van der Waals surface area contributed by atoms with Crippen LogP contribution in [0.3, 0.4) is 0 Å². The number of hydrogen-bond acceptors (Lipinski definition) is 2. The number of ether oxygens (including phenoxy) is 2. The zero-order valence-electron chi connectivity index (χ0n) is 4.96. The molecule has 1 saturated heterocycles. The van der Waals surface area contributed by atoms with E-state index in [0.717, 1.165) is 12.8 Å². The molecular weight excluding hydrogens is 104 g/mol. The lowest BCUT2D eigenvalue weighted by molar-refractivity contribution is 0.0745. The van der Waals surface area contributed by atoms with Crippen molar-refractivity contribution in [2.75, 3.05) is 7.11 Å². The largest absolute Gasteiger partial charge is 0.381 e. The van der Waals surface area contributed by atoms with Crippen molar-refractivity contribution in [3.05, 3.63) is 0 Å². The van der Waals surface area contributed by atoms with Crippen molar-refractivity contribution in [3.8, 4) is 0 Å². The Balaban J connectivity index is 1.89. The molecule has 0 bridgehead atoms. The molecule has 1 heterocycles. The van der Waals surface area contributed by atoms with Gasteiger partial charge >= 0.3 is 0 Å². The summed E-state index contributed by atoms with van der Waals surface area (Å²) in [6, 6.07) is 0. The van der Waals surface area contributed by atoms with Gasteiger partial charge in [0, 0.05) is 20.0 Å². The van der Waals surface area contributed by atoms with E-state index in [1.54, 1.807) is 7.11 Å². The van der Waals surface area contributed by atoms with Crippen LogP contribution < -0.4 is 0 Å². The third kappa shape index (κ3) is 0.565. The standard InChI is InChI=1S/C6H10O2/c1-7-4-2-5-6(3-4)8-5/h4-6H,2-3H2,1H3/t4?,5-,6+. The molecule has 1 aliphatic heterocycles. The summed E-state index contributed by atoms with van der Waals surface area (Å²) < 4.78 is 10.3. The molecule has 0 radical (unpaired) electrons. The minimum Gasteiger partial charge on any atom is -0.381 e. The van der Waals surface area contributed by atoms with Gasteiger partial charge in [-0.1, -0.05) is 0 Å². The highest BCUT2D eigenvalue weighted by atomic mass is 16.6. The topological polar surface area (TPSA) is 21.8 Å². The third-order valence-electron chi connectivity index (χ3n) is 2.01. The van der Waals surface area contributed by atoms with Gasteiger partial charge < -0.3 is 9.47 Å². The Bertz CT molecular complexity index is 92.7. The predicted molar refractivity (Wildman–Crippen MR) is 28.7 cm³/mol. The zero-order valence-corrected chi connectivity index (χ0v) is 4.96. The van der Waals surface area contributed by atoms with Crippen LogP contribution in [0.5, 0.6) is 0 Å². The molecule has 0 N–H and O–H groups in total. The molecule has 1 unspecified atom stereocenters. The Labute approximate surface area is 48.8 Å². The van der Waals surface area contributed by atoms with Crippen LogP contribution in [0.15, 0.2) is 0 Å². The van der Waals surface area contributed by atoms with E-state index < -0.39 is 0 Å². The highest BCUT2D eigenvalue weighted by Crippen LogP contribution is 2.39. The minimum atomic E-state index is 0.499. The van der Waals surface area contributed by atoms with Crippen molar-refractivity contribution in [2.24, 2.45) is 0 Å². The maximum absolute atomic E-state index is 5.20. The number of rotatable bonds is 1. The van der Waals surface area contributed by atoms with E-state index in [1.165, 1.54) is 0 Å². The molecule has 0 aromatic heterocycles. The monoisotopic (exact) mass is 114 g/mol. The molecule has 1 saturated carbocycles. The highest BCUT2D eigenvalue weighted by Gasteiger charge is 2.47. The summed E-state index contributed by atoms with van der Waals surface area (Å²) >= 11 is 0. The lowest BCUT2D eigenvalue weighted by atomic mass is 10.3. The maximum Gasteiger partial charge on any atom is 0.0867 e. The summed E-state index contributed by atoms with van der Waals surface area (Å²) in [7, 11) is 1.77. The van der Waals surface area contributed by atoms with Crippen LogP contribution in [0.4, 0.5) is 0 Å². The van der Waals surface area contributed by atoms with E-state index in [-0.39, 0.29) is 0 Å². The summed E-state index contributed by atoms with van der Waals surface area (Å²) in [5, 5.41) is 0. The van der Waals surface area contributed by atoms with Crippen LogP contribution in [-0.4, -0.2) is 25.4 Å². The first-order valence-electron chi connectivity index (χ1n) is 3.08. The van der Waals surface area contributed by atoms with Gasteiger partial charge in [0.2, 0.25) is 0 Å². The average Bonchev–Trinajstić information content (AvgIpc) is 2.40. The number of epoxide rings is 1. The second-order valence-corrected chi connectivity index (χ2v) is 2.54. The van der Waals surface area contributed by atoms with Gasteiger partial charge in [0.1, 0.15) is 0 Å². The maximum atomic E-state index is 5.20. The van der Waals surface area contributed by atoms with Crippen molar-refractivity contribution in [3.63, 3.8) is 0 Å². The zero-order chi connectivity index (χ0) is 5.56. The summed E-state index contributed by atoms with van der Waals surface area (Å²) in [4.78, 5) is 0. The highest BCUT2D eigenvalue weighted by molar-refractivity contribution is 4.96. The summed E-state index contributed by atoms with van der Waals surface area (Å²) in [6.45, 7) is 0. The summed E-state index contributed by atoms with van der Waals surface area (Å²) in [5.41, 5.74) is 0. The Morgan fingerprint density at radius 2 is 2.00 bits per heavy atom. The molecule has 46 valence electrons. The average molecular weight is 114 g/mol. The number of hydrogen-bond donors (Lipinski definition) is 0. The van der Waals surface area contributed by atoms with E-state index in [9.17, 15) is 0 Å². The second kappa shape index (κ2) is 1.45. The van der Waals surface area contributed by atoms with Crippen LogP contribution in [0, 0.1) is 0 Å². The number of methoxy groups -OCH3 is 1. The molecule has 1 aliphatic carbocycles. The molecule has 0 spiro atoms. The van der Waals surface area contributed by atoms with Crippen molar-refractivity contribution in [2.45, 2.75) is 31.2 Å². The fraction of sp³-hybridized carbons (Fsp3) is 1.00. The molecular formula is C6H10O2. The van der Waals surface area contributed by atoms with Gasteiger partial charge in [-0.3, -0.25) is 0 Å². The van der Waals surface area contributed by atoms with Gasteiger partial charge in [-0.2, -0.15) is 0 Å². The molecule has 2 nitrogen and oxygen atoms in total. The Kier molecular flexibility index (Phi) is 0.866. The van der Waals surface area contributed by atoms with Crippen LogP contribution in [0.2, 0.25) is 0 Å². The molecule has 2 rings (SSSR count). The molecule has 2 aliphatic rings. The SMILES string of the molecule is COC1C[C@@H]2O[C@@H]2C1. The van der Waals surface area contributed by atoms with E-state index in [4.69, 9.17) is 9.47 Å². The van der Waals surface area contributed by atoms with Gasteiger partial charge in [0.05, 0.1) is 18.3 Å². The Morgan fingerprint density at radius 1 is 1.38 bits per heavy atom. The molecule has 3 atom stereocenters. The molecule has 2 heteroatoms. The van der Waals surface area contributed by atoms with E-state index >= 15 is 0 Å². The lowest BCUT2D eigenvalue weighted by Gasteiger charge is -2.06. The number of fused-ring (bicyclic) bond motifs is 1. The normalized spacial score (nSPS) is 51.4. The predicted octanol–water partition coefficient (Wildman–Crippen LogP) is 0.563. The van der Waals surface area contributed by atoms with Crippen molar-refractivity contribution < 1.29 is 9.47 Å². The van der Waals surface area contributed by atoms with Crippen molar-refractivity contribution in [1.82, 2.24) is 0 Å². The van der Waals surface area contributed by atoms with Gasteiger partial charge in [0.25, 0.3) is 0 Å². The van der Waals surface area contributed by atoms with Crippen molar-refractivity contribution >= 4 is 0 Å². The fourth-order valence-electron chi connectivity index (χ4n) is 1.40.